The molecule has 11 heteroatoms. The molecular formula is C15H21N5O5S. The number of guanidine groups is 1. The topological polar surface area (TPSA) is 157 Å². The number of β-lactam (4-membered cyclic amide) rings is 1. The predicted octanol–water partition coefficient (Wildman–Crippen LogP) is -1.13. The number of carboxylic acids is 1. The maximum Gasteiger partial charge on any atom is 0.353 e. The molecule has 0 aromatic carbocycles. The van der Waals surface area contributed by atoms with Crippen molar-refractivity contribution in [2.24, 2.45) is 22.6 Å². The van der Waals surface area contributed by atoms with E-state index >= 15 is 0 Å². The highest BCUT2D eigenvalue weighted by atomic mass is 32.2. The van der Waals surface area contributed by atoms with Gasteiger partial charge < -0.3 is 26.2 Å². The first-order chi connectivity index (χ1) is 12.2. The molecule has 1 fully saturated rings. The summed E-state index contributed by atoms with van der Waals surface area (Å²) in [7, 11) is 0. The lowest BCUT2D eigenvalue weighted by atomic mass is 9.79. The highest BCUT2D eigenvalue weighted by Gasteiger charge is 2.60. The van der Waals surface area contributed by atoms with E-state index in [-0.39, 0.29) is 34.8 Å². The smallest absolute Gasteiger partial charge is 0.353 e. The normalized spacial score (nSPS) is 31.6. The Labute approximate surface area is 153 Å². The first-order valence-electron chi connectivity index (χ1n) is 8.22. The molecular weight excluding hydrogens is 362 g/mol. The van der Waals surface area contributed by atoms with E-state index in [0.717, 1.165) is 0 Å². The fourth-order valence-electron chi connectivity index (χ4n) is 3.66. The molecule has 0 spiro atoms. The average Bonchev–Trinajstić information content (AvgIpc) is 2.78. The van der Waals surface area contributed by atoms with Crippen LogP contribution >= 0.6 is 11.8 Å². The quantitative estimate of drug-likeness (QED) is 0.384. The molecule has 0 saturated carbocycles. The molecule has 3 rings (SSSR count). The third-order valence-electron chi connectivity index (χ3n) is 4.80. The Balaban J connectivity index is 1.77. The Kier molecular flexibility index (Phi) is 4.84. The van der Waals surface area contributed by atoms with E-state index in [1.165, 1.54) is 16.7 Å². The van der Waals surface area contributed by atoms with Crippen molar-refractivity contribution in [1.82, 2.24) is 15.5 Å². The fourth-order valence-corrected chi connectivity index (χ4v) is 4.99. The van der Waals surface area contributed by atoms with Crippen molar-refractivity contribution < 1.29 is 24.6 Å². The molecule has 142 valence electrons. The number of aliphatic hydroxyl groups excluding tert-OH is 1. The van der Waals surface area contributed by atoms with Crippen molar-refractivity contribution in [3.63, 3.8) is 0 Å². The van der Waals surface area contributed by atoms with Crippen molar-refractivity contribution in [1.29, 1.82) is 0 Å². The van der Waals surface area contributed by atoms with Crippen molar-refractivity contribution >= 4 is 35.6 Å². The molecule has 5 atom stereocenters. The molecule has 0 radical (unpaired) electrons. The van der Waals surface area contributed by atoms with Crippen LogP contribution in [0.4, 0.5) is 4.79 Å². The lowest BCUT2D eigenvalue weighted by Crippen LogP contribution is -2.63. The number of hydrogen-bond acceptors (Lipinski definition) is 7. The molecule has 0 bridgehead atoms. The number of rotatable bonds is 4. The van der Waals surface area contributed by atoms with Crippen LogP contribution in [0.5, 0.6) is 0 Å². The summed E-state index contributed by atoms with van der Waals surface area (Å²) in [4.78, 5) is 41.0. The van der Waals surface area contributed by atoms with Crippen molar-refractivity contribution in [3.8, 4) is 0 Å². The van der Waals surface area contributed by atoms with E-state index in [9.17, 15) is 24.6 Å². The van der Waals surface area contributed by atoms with Crippen molar-refractivity contribution in [2.75, 3.05) is 13.1 Å². The second-order valence-corrected chi connectivity index (χ2v) is 7.91. The van der Waals surface area contributed by atoms with Crippen LogP contribution in [0.25, 0.3) is 0 Å². The number of nitrogens with one attached hydrogen (secondary N) is 2. The number of amides is 3. The van der Waals surface area contributed by atoms with E-state index in [4.69, 9.17) is 5.73 Å². The Morgan fingerprint density at radius 2 is 2.19 bits per heavy atom. The van der Waals surface area contributed by atoms with Crippen LogP contribution in [-0.4, -0.2) is 69.5 Å². The number of hydrogen-bond donors (Lipinski definition) is 5. The van der Waals surface area contributed by atoms with Gasteiger partial charge in [0, 0.05) is 22.6 Å². The van der Waals surface area contributed by atoms with Crippen LogP contribution in [0.1, 0.15) is 13.8 Å². The molecule has 3 aliphatic rings. The molecule has 0 aliphatic carbocycles. The zero-order chi connectivity index (χ0) is 19.2. The number of nitrogens with two attached hydrogens (primary N) is 1. The number of carbonyl (C=O) groups is 3. The number of urea groups is 1. The molecule has 1 saturated heterocycles. The third-order valence-corrected chi connectivity index (χ3v) is 6.26. The summed E-state index contributed by atoms with van der Waals surface area (Å²) >= 11 is 1.37. The summed E-state index contributed by atoms with van der Waals surface area (Å²) in [6, 6.07) is -1.04. The number of aliphatic hydroxyl groups is 1. The maximum absolute atomic E-state index is 12.3. The largest absolute Gasteiger partial charge is 0.477 e. The first kappa shape index (κ1) is 18.5. The standard InChI is InChI=1S/C15H21N5O5S/c1-5-9-8(6(2)21)12(22)20(9)10(13(23)24)11(5)26-7-3-17-15(18-4-7)19-14(16)25/h5-9,21H,3-4H2,1-2H3,(H,23,24)(H4,16,17,18,19,25)/t5?,6-,8-,9?/m1/s1. The Hall–Kier alpha value is -2.27. The lowest BCUT2D eigenvalue weighted by molar-refractivity contribution is -0.163. The highest BCUT2D eigenvalue weighted by molar-refractivity contribution is 8.03. The minimum Gasteiger partial charge on any atom is -0.477 e. The summed E-state index contributed by atoms with van der Waals surface area (Å²) in [5, 5.41) is 24.7. The first-order valence-corrected chi connectivity index (χ1v) is 9.10. The SMILES string of the molecule is CC1C(SC2CN=C(NC(N)=O)NC2)=C(C(=O)O)N2C(=O)[C@H]([C@@H](C)O)C12. The monoisotopic (exact) mass is 383 g/mol. The number of thioether (sulfide) groups is 1. The lowest BCUT2D eigenvalue weighted by Gasteiger charge is -2.46. The average molecular weight is 383 g/mol. The summed E-state index contributed by atoms with van der Waals surface area (Å²) in [6.45, 7) is 4.25. The number of primary amides is 1. The molecule has 3 unspecified atom stereocenters. The number of aliphatic imine (C=N–C) groups is 1. The molecule has 10 nitrogen and oxygen atoms in total. The van der Waals surface area contributed by atoms with Gasteiger partial charge in [-0.25, -0.2) is 9.59 Å². The van der Waals surface area contributed by atoms with Crippen LogP contribution in [0.2, 0.25) is 0 Å². The van der Waals surface area contributed by atoms with Gasteiger partial charge in [-0.15, -0.1) is 11.8 Å². The van der Waals surface area contributed by atoms with E-state index in [0.29, 0.717) is 18.0 Å². The number of carboxylic acid groups (broad SMARTS) is 1. The van der Waals surface area contributed by atoms with Gasteiger partial charge in [-0.1, -0.05) is 6.92 Å². The number of fused-ring (bicyclic) bond motifs is 1. The van der Waals surface area contributed by atoms with Gasteiger partial charge in [0.15, 0.2) is 5.96 Å². The zero-order valence-corrected chi connectivity index (χ0v) is 15.1. The van der Waals surface area contributed by atoms with Crippen LogP contribution in [0, 0.1) is 11.8 Å². The van der Waals surface area contributed by atoms with Gasteiger partial charge >= 0.3 is 12.0 Å². The molecule has 0 aromatic heterocycles. The van der Waals surface area contributed by atoms with Crippen LogP contribution in [0.3, 0.4) is 0 Å². The highest BCUT2D eigenvalue weighted by Crippen LogP contribution is 2.51. The van der Waals surface area contributed by atoms with Gasteiger partial charge in [-0.2, -0.15) is 0 Å². The number of aliphatic carboxylic acids is 1. The van der Waals surface area contributed by atoms with Crippen LogP contribution in [0.15, 0.2) is 15.6 Å². The minimum atomic E-state index is -1.15. The summed E-state index contributed by atoms with van der Waals surface area (Å²) in [5.74, 6) is -1.97. The third kappa shape index (κ3) is 3.01. The zero-order valence-electron chi connectivity index (χ0n) is 14.3. The fraction of sp³-hybridized carbons (Fsp3) is 0.600. The Morgan fingerprint density at radius 3 is 2.69 bits per heavy atom. The van der Waals surface area contributed by atoms with E-state index in [1.54, 1.807) is 6.92 Å². The minimum absolute atomic E-state index is 0.000521. The molecule has 3 aliphatic heterocycles. The maximum atomic E-state index is 12.3. The number of nitrogens with zero attached hydrogens (tertiary/aromatic N) is 2. The van der Waals surface area contributed by atoms with Crippen molar-refractivity contribution in [2.45, 2.75) is 31.2 Å². The van der Waals surface area contributed by atoms with Gasteiger partial charge in [0.25, 0.3) is 0 Å². The van der Waals surface area contributed by atoms with Gasteiger partial charge in [-0.3, -0.25) is 15.1 Å². The molecule has 3 heterocycles. The second-order valence-electron chi connectivity index (χ2n) is 6.57. The molecule has 3 amide bonds. The van der Waals surface area contributed by atoms with E-state index in [1.807, 2.05) is 6.92 Å². The van der Waals surface area contributed by atoms with Crippen LogP contribution in [-0.2, 0) is 9.59 Å². The van der Waals surface area contributed by atoms with Gasteiger partial charge in [0.1, 0.15) is 5.70 Å². The summed E-state index contributed by atoms with van der Waals surface area (Å²) in [5.41, 5.74) is 5.04. The van der Waals surface area contributed by atoms with E-state index in [2.05, 4.69) is 15.6 Å². The molecule has 6 N–H and O–H groups in total. The molecule has 26 heavy (non-hydrogen) atoms. The summed E-state index contributed by atoms with van der Waals surface area (Å²) < 4.78 is 0. The Bertz CT molecular complexity index is 721. The van der Waals surface area contributed by atoms with Crippen molar-refractivity contribution in [3.05, 3.63) is 10.6 Å². The summed E-state index contributed by atoms with van der Waals surface area (Å²) in [6.07, 6.45) is -0.825. The Morgan fingerprint density at radius 1 is 1.50 bits per heavy atom. The predicted molar refractivity (Wildman–Crippen MR) is 94.0 cm³/mol. The van der Waals surface area contributed by atoms with Gasteiger partial charge in [0.2, 0.25) is 5.91 Å². The van der Waals surface area contributed by atoms with Gasteiger partial charge in [0.05, 0.1) is 24.6 Å². The van der Waals surface area contributed by atoms with E-state index < -0.39 is 24.0 Å². The van der Waals surface area contributed by atoms with Gasteiger partial charge in [-0.05, 0) is 6.92 Å². The van der Waals surface area contributed by atoms with Crippen LogP contribution < -0.4 is 16.4 Å². The second kappa shape index (κ2) is 6.80. The molecule has 0 aromatic rings. The number of carbonyl (C=O) groups excluding carboxylic acids is 2.